The Morgan fingerprint density at radius 2 is 2.36 bits per heavy atom. The van der Waals surface area contributed by atoms with E-state index in [1.54, 1.807) is 7.11 Å². The van der Waals surface area contributed by atoms with Gasteiger partial charge in [-0.1, -0.05) is 6.07 Å². The Labute approximate surface area is 83.7 Å². The van der Waals surface area contributed by atoms with Gasteiger partial charge in [-0.2, -0.15) is 0 Å². The van der Waals surface area contributed by atoms with Crippen molar-refractivity contribution in [2.24, 2.45) is 0 Å². The first kappa shape index (κ1) is 10.8. The van der Waals surface area contributed by atoms with Gasteiger partial charge in [0.1, 0.15) is 0 Å². The van der Waals surface area contributed by atoms with Gasteiger partial charge in [-0.15, -0.1) is 0 Å². The number of rotatable bonds is 5. The second-order valence-corrected chi connectivity index (χ2v) is 3.10. The molecule has 0 saturated carbocycles. The number of aliphatic hydroxyl groups is 1. The molecular formula is C10H16N2O2. The molecule has 0 heterocycles. The minimum atomic E-state index is -0.0956. The van der Waals surface area contributed by atoms with Crippen molar-refractivity contribution in [3.63, 3.8) is 0 Å². The summed E-state index contributed by atoms with van der Waals surface area (Å²) in [5.41, 5.74) is 7.20. The molecule has 4 N–H and O–H groups in total. The van der Waals surface area contributed by atoms with Gasteiger partial charge in [0.25, 0.3) is 0 Å². The summed E-state index contributed by atoms with van der Waals surface area (Å²) in [6.45, 7) is 0.494. The molecule has 4 heteroatoms. The van der Waals surface area contributed by atoms with Crippen molar-refractivity contribution in [2.75, 3.05) is 31.4 Å². The van der Waals surface area contributed by atoms with Gasteiger partial charge in [0, 0.05) is 18.5 Å². The molecule has 1 aromatic rings. The summed E-state index contributed by atoms with van der Waals surface area (Å²) in [5.74, 6) is 0. The van der Waals surface area contributed by atoms with Crippen LogP contribution in [0.3, 0.4) is 0 Å². The summed E-state index contributed by atoms with van der Waals surface area (Å²) in [7, 11) is 1.60. The van der Waals surface area contributed by atoms with Crippen LogP contribution in [0.25, 0.3) is 0 Å². The van der Waals surface area contributed by atoms with Crippen molar-refractivity contribution >= 4 is 11.4 Å². The van der Waals surface area contributed by atoms with Crippen LogP contribution in [0.5, 0.6) is 0 Å². The zero-order valence-corrected chi connectivity index (χ0v) is 8.23. The summed E-state index contributed by atoms with van der Waals surface area (Å²) >= 11 is 0. The number of methoxy groups -OCH3 is 1. The Morgan fingerprint density at radius 1 is 1.57 bits per heavy atom. The second kappa shape index (κ2) is 5.47. The summed E-state index contributed by atoms with van der Waals surface area (Å²) in [6, 6.07) is 7.29. The Balaban J connectivity index is 2.57. The average Bonchev–Trinajstić information content (AvgIpc) is 2.17. The predicted molar refractivity (Wildman–Crippen MR) is 57.2 cm³/mol. The topological polar surface area (TPSA) is 67.5 Å². The lowest BCUT2D eigenvalue weighted by molar-refractivity contribution is 0.153. The number of benzene rings is 1. The molecule has 1 atom stereocenters. The zero-order valence-electron chi connectivity index (χ0n) is 8.23. The zero-order chi connectivity index (χ0) is 10.4. The van der Waals surface area contributed by atoms with Gasteiger partial charge in [0.05, 0.1) is 19.3 Å². The van der Waals surface area contributed by atoms with E-state index >= 15 is 0 Å². The van der Waals surface area contributed by atoms with Gasteiger partial charge in [-0.3, -0.25) is 0 Å². The van der Waals surface area contributed by atoms with Crippen LogP contribution in [0.2, 0.25) is 0 Å². The minimum Gasteiger partial charge on any atom is -0.399 e. The molecule has 78 valence electrons. The third kappa shape index (κ3) is 3.24. The number of ether oxygens (including phenoxy) is 1. The van der Waals surface area contributed by atoms with E-state index in [1.807, 2.05) is 24.3 Å². The normalized spacial score (nSPS) is 12.4. The Bertz CT molecular complexity index is 279. The van der Waals surface area contributed by atoms with E-state index in [1.165, 1.54) is 0 Å². The lowest BCUT2D eigenvalue weighted by Gasteiger charge is -2.16. The summed E-state index contributed by atoms with van der Waals surface area (Å²) in [5, 5.41) is 12.1. The molecule has 0 radical (unpaired) electrons. The number of nitrogens with one attached hydrogen (secondary N) is 1. The van der Waals surface area contributed by atoms with Crippen molar-refractivity contribution in [2.45, 2.75) is 6.04 Å². The van der Waals surface area contributed by atoms with E-state index in [-0.39, 0.29) is 12.6 Å². The van der Waals surface area contributed by atoms with Crippen LogP contribution in [-0.4, -0.2) is 31.5 Å². The molecule has 0 fully saturated rings. The molecule has 0 aliphatic carbocycles. The van der Waals surface area contributed by atoms with Crippen LogP contribution in [0.4, 0.5) is 11.4 Å². The first-order valence-corrected chi connectivity index (χ1v) is 4.48. The summed E-state index contributed by atoms with van der Waals surface area (Å²) in [4.78, 5) is 0. The van der Waals surface area contributed by atoms with Crippen molar-refractivity contribution < 1.29 is 9.84 Å². The Morgan fingerprint density at radius 3 is 2.93 bits per heavy atom. The monoisotopic (exact) mass is 196 g/mol. The first-order chi connectivity index (χ1) is 6.76. The van der Waals surface area contributed by atoms with Crippen LogP contribution in [0.1, 0.15) is 0 Å². The van der Waals surface area contributed by atoms with Gasteiger partial charge in [0.2, 0.25) is 0 Å². The number of aliphatic hydroxyl groups excluding tert-OH is 1. The highest BCUT2D eigenvalue weighted by molar-refractivity contribution is 5.54. The molecule has 0 aliphatic heterocycles. The number of hydrogen-bond acceptors (Lipinski definition) is 4. The molecule has 4 nitrogen and oxygen atoms in total. The molecule has 1 aromatic carbocycles. The molecule has 0 amide bonds. The first-order valence-electron chi connectivity index (χ1n) is 4.48. The molecule has 0 aromatic heterocycles. The average molecular weight is 196 g/mol. The Kier molecular flexibility index (Phi) is 4.22. The molecular weight excluding hydrogens is 180 g/mol. The van der Waals surface area contributed by atoms with Gasteiger partial charge < -0.3 is 20.9 Å². The van der Waals surface area contributed by atoms with Crippen LogP contribution >= 0.6 is 0 Å². The van der Waals surface area contributed by atoms with Crippen molar-refractivity contribution in [3.05, 3.63) is 24.3 Å². The molecule has 1 rings (SSSR count). The molecule has 14 heavy (non-hydrogen) atoms. The highest BCUT2D eigenvalue weighted by Crippen LogP contribution is 2.12. The van der Waals surface area contributed by atoms with Crippen molar-refractivity contribution in [1.82, 2.24) is 0 Å². The predicted octanol–water partition coefficient (Wildman–Crippen LogP) is 0.688. The number of nitrogen functional groups attached to an aromatic ring is 1. The quantitative estimate of drug-likeness (QED) is 0.606. The third-order valence-corrected chi connectivity index (χ3v) is 1.85. The van der Waals surface area contributed by atoms with Gasteiger partial charge >= 0.3 is 0 Å². The van der Waals surface area contributed by atoms with Gasteiger partial charge in [-0.05, 0) is 18.2 Å². The maximum absolute atomic E-state index is 9.01. The highest BCUT2D eigenvalue weighted by Gasteiger charge is 2.05. The van der Waals surface area contributed by atoms with E-state index in [0.29, 0.717) is 12.3 Å². The molecule has 0 spiro atoms. The van der Waals surface area contributed by atoms with E-state index in [2.05, 4.69) is 5.32 Å². The third-order valence-electron chi connectivity index (χ3n) is 1.85. The number of nitrogens with two attached hydrogens (primary N) is 1. The van der Waals surface area contributed by atoms with Crippen molar-refractivity contribution in [1.29, 1.82) is 0 Å². The second-order valence-electron chi connectivity index (χ2n) is 3.10. The highest BCUT2D eigenvalue weighted by atomic mass is 16.5. The number of hydrogen-bond donors (Lipinski definition) is 3. The summed E-state index contributed by atoms with van der Waals surface area (Å²) < 4.78 is 4.94. The van der Waals surface area contributed by atoms with Crippen LogP contribution in [0, 0.1) is 0 Å². The summed E-state index contributed by atoms with van der Waals surface area (Å²) in [6.07, 6.45) is 0. The van der Waals surface area contributed by atoms with Crippen LogP contribution in [-0.2, 0) is 4.74 Å². The lowest BCUT2D eigenvalue weighted by atomic mass is 10.2. The smallest absolute Gasteiger partial charge is 0.0725 e. The Hall–Kier alpha value is -1.26. The van der Waals surface area contributed by atoms with E-state index in [4.69, 9.17) is 15.6 Å². The SMILES string of the molecule is COCC(CO)Nc1cccc(N)c1. The largest absolute Gasteiger partial charge is 0.399 e. The van der Waals surface area contributed by atoms with Crippen LogP contribution < -0.4 is 11.1 Å². The number of anilines is 2. The molecule has 0 saturated heterocycles. The fourth-order valence-corrected chi connectivity index (χ4v) is 1.21. The van der Waals surface area contributed by atoms with E-state index in [9.17, 15) is 0 Å². The van der Waals surface area contributed by atoms with Crippen LogP contribution in [0.15, 0.2) is 24.3 Å². The van der Waals surface area contributed by atoms with Crippen molar-refractivity contribution in [3.8, 4) is 0 Å². The molecule has 0 aliphatic rings. The maximum atomic E-state index is 9.01. The van der Waals surface area contributed by atoms with E-state index in [0.717, 1.165) is 5.69 Å². The minimum absolute atomic E-state index is 0.0304. The fraction of sp³-hybridized carbons (Fsp3) is 0.400. The maximum Gasteiger partial charge on any atom is 0.0725 e. The lowest BCUT2D eigenvalue weighted by Crippen LogP contribution is -2.28. The molecule has 0 bridgehead atoms. The standard InChI is InChI=1S/C10H16N2O2/c1-14-7-10(6-13)12-9-4-2-3-8(11)5-9/h2-5,10,12-13H,6-7,11H2,1H3. The van der Waals surface area contributed by atoms with Gasteiger partial charge in [0.15, 0.2) is 0 Å². The molecule has 1 unspecified atom stereocenters. The fourth-order valence-electron chi connectivity index (χ4n) is 1.21. The van der Waals surface area contributed by atoms with Gasteiger partial charge in [-0.25, -0.2) is 0 Å². The van der Waals surface area contributed by atoms with E-state index < -0.39 is 0 Å².